The van der Waals surface area contributed by atoms with E-state index in [0.717, 1.165) is 11.8 Å². The predicted octanol–water partition coefficient (Wildman–Crippen LogP) is 1.89. The lowest BCUT2D eigenvalue weighted by Gasteiger charge is -2.10. The van der Waals surface area contributed by atoms with Crippen LogP contribution in [0.15, 0.2) is 10.8 Å². The molecule has 1 atom stereocenters. The van der Waals surface area contributed by atoms with Crippen molar-refractivity contribution in [2.45, 2.75) is 26.3 Å². The van der Waals surface area contributed by atoms with Gasteiger partial charge in [-0.15, -0.1) is 0 Å². The maximum atomic E-state index is 11.6. The zero-order valence-electron chi connectivity index (χ0n) is 8.21. The summed E-state index contributed by atoms with van der Waals surface area (Å²) < 4.78 is 4.97. The van der Waals surface area contributed by atoms with Crippen molar-refractivity contribution in [1.82, 2.24) is 10.3 Å². The van der Waals surface area contributed by atoms with E-state index >= 15 is 0 Å². The summed E-state index contributed by atoms with van der Waals surface area (Å²) in [4.78, 5) is 15.4. The van der Waals surface area contributed by atoms with Crippen LogP contribution in [-0.2, 0) is 0 Å². The molecule has 1 rings (SSSR count). The molecule has 0 spiro atoms. The Bertz CT molecular complexity index is 312. The lowest BCUT2D eigenvalue weighted by Crippen LogP contribution is -2.32. The number of aromatic nitrogens is 1. The topological polar surface area (TPSA) is 55.1 Å². The van der Waals surface area contributed by atoms with Crippen LogP contribution in [0.4, 0.5) is 0 Å². The molecule has 1 aromatic heterocycles. The van der Waals surface area contributed by atoms with Gasteiger partial charge in [-0.1, -0.05) is 15.9 Å². The average molecular weight is 261 g/mol. The van der Waals surface area contributed by atoms with Gasteiger partial charge in [0.1, 0.15) is 0 Å². The Kier molecular flexibility index (Phi) is 4.13. The molecule has 0 fully saturated rings. The van der Waals surface area contributed by atoms with Crippen molar-refractivity contribution >= 4 is 21.8 Å². The van der Waals surface area contributed by atoms with Crippen molar-refractivity contribution in [1.29, 1.82) is 0 Å². The maximum absolute atomic E-state index is 11.6. The Morgan fingerprint density at radius 1 is 1.79 bits per heavy atom. The number of hydrogen-bond donors (Lipinski definition) is 1. The molecule has 0 aliphatic carbocycles. The van der Waals surface area contributed by atoms with Crippen LogP contribution in [0, 0.1) is 6.92 Å². The first-order valence-electron chi connectivity index (χ1n) is 4.42. The summed E-state index contributed by atoms with van der Waals surface area (Å²) in [6, 6.07) is 0.131. The highest BCUT2D eigenvalue weighted by molar-refractivity contribution is 9.09. The van der Waals surface area contributed by atoms with Gasteiger partial charge in [0.15, 0.2) is 6.39 Å². The largest absolute Gasteiger partial charge is 0.438 e. The summed E-state index contributed by atoms with van der Waals surface area (Å²) in [7, 11) is 0. The number of oxazole rings is 1. The minimum Gasteiger partial charge on any atom is -0.438 e. The third kappa shape index (κ3) is 2.83. The number of amides is 1. The van der Waals surface area contributed by atoms with E-state index in [4.69, 9.17) is 4.42 Å². The van der Waals surface area contributed by atoms with E-state index in [1.165, 1.54) is 6.39 Å². The lowest BCUT2D eigenvalue weighted by atomic mass is 10.2. The van der Waals surface area contributed by atoms with Crippen LogP contribution in [-0.4, -0.2) is 22.3 Å². The fraction of sp³-hybridized carbons (Fsp3) is 0.556. The molecule has 1 unspecified atom stereocenters. The van der Waals surface area contributed by atoms with Crippen molar-refractivity contribution < 1.29 is 9.21 Å². The molecule has 0 saturated carbocycles. The normalized spacial score (nSPS) is 12.5. The van der Waals surface area contributed by atoms with Crippen LogP contribution in [0.1, 0.15) is 29.6 Å². The molecule has 0 bridgehead atoms. The smallest absolute Gasteiger partial charge is 0.289 e. The molecule has 1 heterocycles. The van der Waals surface area contributed by atoms with Gasteiger partial charge in [-0.2, -0.15) is 0 Å². The second-order valence-electron chi connectivity index (χ2n) is 3.12. The van der Waals surface area contributed by atoms with E-state index in [0.29, 0.717) is 11.5 Å². The average Bonchev–Trinajstić information content (AvgIpc) is 2.51. The van der Waals surface area contributed by atoms with Gasteiger partial charge < -0.3 is 9.73 Å². The SMILES string of the molecule is Cc1ncoc1C(=O)NC(C)CCBr. The Balaban J connectivity index is 2.55. The van der Waals surface area contributed by atoms with Crippen molar-refractivity contribution in [2.75, 3.05) is 5.33 Å². The highest BCUT2D eigenvalue weighted by Crippen LogP contribution is 2.05. The summed E-state index contributed by atoms with van der Waals surface area (Å²) in [6.07, 6.45) is 2.17. The van der Waals surface area contributed by atoms with Crippen LogP contribution in [0.5, 0.6) is 0 Å². The molecule has 1 amide bonds. The van der Waals surface area contributed by atoms with Crippen LogP contribution >= 0.6 is 15.9 Å². The van der Waals surface area contributed by atoms with E-state index < -0.39 is 0 Å². The fourth-order valence-corrected chi connectivity index (χ4v) is 1.73. The van der Waals surface area contributed by atoms with Gasteiger partial charge in [-0.25, -0.2) is 4.98 Å². The summed E-state index contributed by atoms with van der Waals surface area (Å²) in [5.74, 6) is 0.0971. The molecular weight excluding hydrogens is 248 g/mol. The van der Waals surface area contributed by atoms with Crippen molar-refractivity contribution in [3.05, 3.63) is 17.8 Å². The number of rotatable bonds is 4. The molecule has 0 aromatic carbocycles. The molecule has 0 radical (unpaired) electrons. The van der Waals surface area contributed by atoms with Crippen LogP contribution in [0.3, 0.4) is 0 Å². The highest BCUT2D eigenvalue weighted by atomic mass is 79.9. The maximum Gasteiger partial charge on any atom is 0.289 e. The standard InChI is InChI=1S/C9H13BrN2O2/c1-6(3-4-10)12-9(13)8-7(2)11-5-14-8/h5-6H,3-4H2,1-2H3,(H,12,13). The first-order chi connectivity index (χ1) is 6.65. The third-order valence-electron chi connectivity index (χ3n) is 1.87. The van der Waals surface area contributed by atoms with E-state index in [-0.39, 0.29) is 11.9 Å². The molecule has 1 aromatic rings. The van der Waals surface area contributed by atoms with Gasteiger partial charge in [0.05, 0.1) is 5.69 Å². The number of halogens is 1. The Morgan fingerprint density at radius 2 is 2.50 bits per heavy atom. The summed E-state index contributed by atoms with van der Waals surface area (Å²) in [6.45, 7) is 3.69. The van der Waals surface area contributed by atoms with Gasteiger partial charge in [0.2, 0.25) is 5.76 Å². The number of carbonyl (C=O) groups is 1. The first kappa shape index (κ1) is 11.2. The van der Waals surface area contributed by atoms with Gasteiger partial charge in [-0.3, -0.25) is 4.79 Å². The van der Waals surface area contributed by atoms with E-state index in [1.807, 2.05) is 6.92 Å². The Morgan fingerprint density at radius 3 is 3.00 bits per heavy atom. The molecular formula is C9H13BrN2O2. The van der Waals surface area contributed by atoms with Crippen molar-refractivity contribution in [3.63, 3.8) is 0 Å². The quantitative estimate of drug-likeness (QED) is 0.842. The van der Waals surface area contributed by atoms with E-state index in [2.05, 4.69) is 26.2 Å². The van der Waals surface area contributed by atoms with Crippen molar-refractivity contribution in [2.24, 2.45) is 0 Å². The molecule has 0 saturated heterocycles. The highest BCUT2D eigenvalue weighted by Gasteiger charge is 2.15. The Labute approximate surface area is 91.2 Å². The fourth-order valence-electron chi connectivity index (χ4n) is 1.05. The molecule has 4 nitrogen and oxygen atoms in total. The van der Waals surface area contributed by atoms with Gasteiger partial charge in [0.25, 0.3) is 5.91 Å². The third-order valence-corrected chi connectivity index (χ3v) is 2.33. The number of nitrogens with one attached hydrogen (secondary N) is 1. The number of carbonyl (C=O) groups excluding carboxylic acids is 1. The minimum absolute atomic E-state index is 0.131. The monoisotopic (exact) mass is 260 g/mol. The molecule has 78 valence electrons. The predicted molar refractivity (Wildman–Crippen MR) is 56.6 cm³/mol. The second kappa shape index (κ2) is 5.14. The van der Waals surface area contributed by atoms with Gasteiger partial charge in [-0.05, 0) is 20.3 Å². The van der Waals surface area contributed by atoms with Crippen LogP contribution in [0.2, 0.25) is 0 Å². The van der Waals surface area contributed by atoms with Gasteiger partial charge >= 0.3 is 0 Å². The molecule has 1 N–H and O–H groups in total. The van der Waals surface area contributed by atoms with Crippen molar-refractivity contribution in [3.8, 4) is 0 Å². The summed E-state index contributed by atoms with van der Waals surface area (Å²) in [5.41, 5.74) is 0.619. The Hall–Kier alpha value is -0.840. The van der Waals surface area contributed by atoms with E-state index in [1.54, 1.807) is 6.92 Å². The van der Waals surface area contributed by atoms with Gasteiger partial charge in [0, 0.05) is 11.4 Å². The van der Waals surface area contributed by atoms with E-state index in [9.17, 15) is 4.79 Å². The molecule has 14 heavy (non-hydrogen) atoms. The lowest BCUT2D eigenvalue weighted by molar-refractivity contribution is 0.0910. The first-order valence-corrected chi connectivity index (χ1v) is 5.54. The number of nitrogens with zero attached hydrogens (tertiary/aromatic N) is 1. The summed E-state index contributed by atoms with van der Waals surface area (Å²) in [5, 5.41) is 3.69. The zero-order chi connectivity index (χ0) is 10.6. The molecule has 0 aliphatic rings. The number of hydrogen-bond acceptors (Lipinski definition) is 3. The summed E-state index contributed by atoms with van der Waals surface area (Å²) >= 11 is 3.32. The van der Waals surface area contributed by atoms with Crippen LogP contribution in [0.25, 0.3) is 0 Å². The molecule has 5 heteroatoms. The second-order valence-corrected chi connectivity index (χ2v) is 3.91. The number of aryl methyl sites for hydroxylation is 1. The van der Waals surface area contributed by atoms with Crippen LogP contribution < -0.4 is 5.32 Å². The zero-order valence-corrected chi connectivity index (χ0v) is 9.80. The number of alkyl halides is 1. The molecule has 0 aliphatic heterocycles. The minimum atomic E-state index is -0.201.